The number of aliphatic hydroxyl groups excluding tert-OH is 2. The topological polar surface area (TPSA) is 105 Å². The standard InChI is InChI=1S/C11H16N2O5/c1-5-4-13(11(17)12-10(5)16)8-3-7(14)9(15)6(2)18-8/h4,6-9,14-15H,3H2,1-2H3,(H,12,16,17)/t6-,7+,8+,9+/m0/s1. The normalized spacial score (nSPS) is 32.4. The van der Waals surface area contributed by atoms with Gasteiger partial charge in [0, 0.05) is 18.2 Å². The number of aryl methyl sites for hydroxylation is 1. The second-order valence-corrected chi connectivity index (χ2v) is 4.57. The van der Waals surface area contributed by atoms with Crippen molar-refractivity contribution >= 4 is 0 Å². The SMILES string of the molecule is Cc1cn([C@H]2C[C@@H](O)[C@H](O)[C@H](C)O2)c(=O)[nH]c1=O. The molecule has 1 aromatic heterocycles. The van der Waals surface area contributed by atoms with Gasteiger partial charge in [-0.05, 0) is 13.8 Å². The minimum Gasteiger partial charge on any atom is -0.390 e. The van der Waals surface area contributed by atoms with Gasteiger partial charge >= 0.3 is 5.69 Å². The van der Waals surface area contributed by atoms with Crippen LogP contribution in [-0.4, -0.2) is 38.1 Å². The quantitative estimate of drug-likeness (QED) is 0.590. The van der Waals surface area contributed by atoms with Crippen molar-refractivity contribution in [1.82, 2.24) is 9.55 Å². The van der Waals surface area contributed by atoms with Gasteiger partial charge in [-0.3, -0.25) is 14.3 Å². The van der Waals surface area contributed by atoms with Crippen LogP contribution >= 0.6 is 0 Å². The number of aliphatic hydroxyl groups is 2. The van der Waals surface area contributed by atoms with Crippen molar-refractivity contribution in [2.45, 2.75) is 44.8 Å². The highest BCUT2D eigenvalue weighted by Gasteiger charge is 2.35. The fourth-order valence-corrected chi connectivity index (χ4v) is 2.02. The van der Waals surface area contributed by atoms with Gasteiger partial charge in [-0.25, -0.2) is 4.79 Å². The lowest BCUT2D eigenvalue weighted by atomic mass is 10.0. The maximum atomic E-state index is 11.7. The highest BCUT2D eigenvalue weighted by Crippen LogP contribution is 2.26. The molecule has 7 heteroatoms. The maximum absolute atomic E-state index is 11.7. The minimum atomic E-state index is -0.971. The number of H-pyrrole nitrogens is 1. The predicted octanol–water partition coefficient (Wildman–Crippen LogP) is -1.13. The molecule has 1 fully saturated rings. The van der Waals surface area contributed by atoms with Crippen LogP contribution < -0.4 is 11.2 Å². The third kappa shape index (κ3) is 2.24. The van der Waals surface area contributed by atoms with Gasteiger partial charge in [0.15, 0.2) is 0 Å². The van der Waals surface area contributed by atoms with E-state index in [0.717, 1.165) is 0 Å². The molecule has 100 valence electrons. The van der Waals surface area contributed by atoms with Crippen LogP contribution in [0, 0.1) is 6.92 Å². The molecule has 0 bridgehead atoms. The average Bonchev–Trinajstić information content (AvgIpc) is 2.30. The molecule has 2 rings (SSSR count). The third-order valence-electron chi connectivity index (χ3n) is 3.15. The zero-order chi connectivity index (χ0) is 13.4. The first-order valence-electron chi connectivity index (χ1n) is 5.74. The van der Waals surface area contributed by atoms with E-state index in [1.54, 1.807) is 13.8 Å². The average molecular weight is 256 g/mol. The summed E-state index contributed by atoms with van der Waals surface area (Å²) in [5, 5.41) is 19.2. The molecule has 18 heavy (non-hydrogen) atoms. The molecule has 0 amide bonds. The zero-order valence-electron chi connectivity index (χ0n) is 10.2. The van der Waals surface area contributed by atoms with Crippen molar-refractivity contribution in [1.29, 1.82) is 0 Å². The molecule has 0 aromatic carbocycles. The Bertz CT molecular complexity index is 537. The molecule has 1 saturated heterocycles. The van der Waals surface area contributed by atoms with E-state index < -0.39 is 35.8 Å². The minimum absolute atomic E-state index is 0.0941. The molecular formula is C11H16N2O5. The lowest BCUT2D eigenvalue weighted by Gasteiger charge is -2.36. The van der Waals surface area contributed by atoms with Crippen LogP contribution in [0.3, 0.4) is 0 Å². The predicted molar refractivity (Wildman–Crippen MR) is 62.3 cm³/mol. The van der Waals surface area contributed by atoms with Crippen LogP contribution in [0.5, 0.6) is 0 Å². The molecule has 1 aliphatic rings. The number of nitrogens with one attached hydrogen (secondary N) is 1. The van der Waals surface area contributed by atoms with Gasteiger partial charge in [0.25, 0.3) is 5.56 Å². The molecule has 1 aromatic rings. The van der Waals surface area contributed by atoms with Gasteiger partial charge in [0.05, 0.1) is 12.2 Å². The third-order valence-corrected chi connectivity index (χ3v) is 3.15. The maximum Gasteiger partial charge on any atom is 0.330 e. The van der Waals surface area contributed by atoms with Crippen molar-refractivity contribution in [2.24, 2.45) is 0 Å². The molecule has 4 atom stereocenters. The summed E-state index contributed by atoms with van der Waals surface area (Å²) in [7, 11) is 0. The van der Waals surface area contributed by atoms with Gasteiger partial charge in [0.1, 0.15) is 12.3 Å². The molecule has 2 heterocycles. The Hall–Kier alpha value is -1.44. The zero-order valence-corrected chi connectivity index (χ0v) is 10.2. The van der Waals surface area contributed by atoms with Crippen LogP contribution in [0.15, 0.2) is 15.8 Å². The second-order valence-electron chi connectivity index (χ2n) is 4.57. The Kier molecular flexibility index (Phi) is 3.38. The molecule has 0 aliphatic carbocycles. The van der Waals surface area contributed by atoms with E-state index in [2.05, 4.69) is 4.98 Å². The number of hydrogen-bond donors (Lipinski definition) is 3. The van der Waals surface area contributed by atoms with Gasteiger partial charge in [-0.1, -0.05) is 0 Å². The Morgan fingerprint density at radius 2 is 2.11 bits per heavy atom. The van der Waals surface area contributed by atoms with E-state index in [4.69, 9.17) is 4.74 Å². The number of rotatable bonds is 1. The smallest absolute Gasteiger partial charge is 0.330 e. The Morgan fingerprint density at radius 3 is 2.72 bits per heavy atom. The van der Waals surface area contributed by atoms with E-state index in [1.165, 1.54) is 10.8 Å². The first kappa shape index (κ1) is 13.0. The van der Waals surface area contributed by atoms with Gasteiger partial charge in [-0.15, -0.1) is 0 Å². The van der Waals surface area contributed by atoms with Crippen molar-refractivity contribution in [3.8, 4) is 0 Å². The number of nitrogens with zero attached hydrogens (tertiary/aromatic N) is 1. The van der Waals surface area contributed by atoms with Crippen molar-refractivity contribution < 1.29 is 14.9 Å². The summed E-state index contributed by atoms with van der Waals surface area (Å²) in [6.07, 6.45) is -1.72. The van der Waals surface area contributed by atoms with Crippen LogP contribution in [0.2, 0.25) is 0 Å². The van der Waals surface area contributed by atoms with Crippen LogP contribution in [-0.2, 0) is 4.74 Å². The molecular weight excluding hydrogens is 240 g/mol. The van der Waals surface area contributed by atoms with Crippen LogP contribution in [0.1, 0.15) is 25.1 Å². The van der Waals surface area contributed by atoms with E-state index >= 15 is 0 Å². The molecule has 7 nitrogen and oxygen atoms in total. The number of hydrogen-bond acceptors (Lipinski definition) is 5. The highest BCUT2D eigenvalue weighted by atomic mass is 16.5. The molecule has 1 aliphatic heterocycles. The first-order valence-corrected chi connectivity index (χ1v) is 5.74. The van der Waals surface area contributed by atoms with Crippen molar-refractivity contribution in [3.05, 3.63) is 32.6 Å². The summed E-state index contributed by atoms with van der Waals surface area (Å²) in [5.41, 5.74) is -0.654. The van der Waals surface area contributed by atoms with Crippen LogP contribution in [0.4, 0.5) is 0 Å². The fourth-order valence-electron chi connectivity index (χ4n) is 2.02. The largest absolute Gasteiger partial charge is 0.390 e. The summed E-state index contributed by atoms with van der Waals surface area (Å²) >= 11 is 0. The number of aromatic amines is 1. The lowest BCUT2D eigenvalue weighted by Crippen LogP contribution is -2.47. The van der Waals surface area contributed by atoms with Crippen LogP contribution in [0.25, 0.3) is 0 Å². The summed E-state index contributed by atoms with van der Waals surface area (Å²) in [6, 6.07) is 0. The number of aromatic nitrogens is 2. The molecule has 0 unspecified atom stereocenters. The molecule has 3 N–H and O–H groups in total. The van der Waals surface area contributed by atoms with E-state index in [9.17, 15) is 19.8 Å². The Labute approximate surface area is 103 Å². The summed E-state index contributed by atoms with van der Waals surface area (Å²) < 4.78 is 6.69. The van der Waals surface area contributed by atoms with E-state index in [-0.39, 0.29) is 6.42 Å². The van der Waals surface area contributed by atoms with Gasteiger partial charge in [0.2, 0.25) is 0 Å². The van der Waals surface area contributed by atoms with E-state index in [0.29, 0.717) is 5.56 Å². The first-order chi connectivity index (χ1) is 8.40. The van der Waals surface area contributed by atoms with Crippen molar-refractivity contribution in [2.75, 3.05) is 0 Å². The Balaban J connectivity index is 2.36. The number of ether oxygens (including phenoxy) is 1. The summed E-state index contributed by atoms with van der Waals surface area (Å²) in [6.45, 7) is 3.19. The monoisotopic (exact) mass is 256 g/mol. The molecule has 0 radical (unpaired) electrons. The van der Waals surface area contributed by atoms with Gasteiger partial charge in [-0.2, -0.15) is 0 Å². The lowest BCUT2D eigenvalue weighted by molar-refractivity contribution is -0.185. The van der Waals surface area contributed by atoms with Crippen molar-refractivity contribution in [3.63, 3.8) is 0 Å². The Morgan fingerprint density at radius 1 is 1.44 bits per heavy atom. The van der Waals surface area contributed by atoms with E-state index in [1.807, 2.05) is 0 Å². The fraction of sp³-hybridized carbons (Fsp3) is 0.636. The second kappa shape index (κ2) is 4.68. The molecule has 0 spiro atoms. The highest BCUT2D eigenvalue weighted by molar-refractivity contribution is 5.01. The summed E-state index contributed by atoms with van der Waals surface area (Å²) in [4.78, 5) is 25.1. The van der Waals surface area contributed by atoms with Gasteiger partial charge < -0.3 is 14.9 Å². The summed E-state index contributed by atoms with van der Waals surface area (Å²) in [5.74, 6) is 0. The molecule has 0 saturated carbocycles.